The highest BCUT2D eigenvalue weighted by Gasteiger charge is 2.12. The molecular formula is C13H30N2O. The molecule has 3 nitrogen and oxygen atoms in total. The van der Waals surface area contributed by atoms with Crippen LogP contribution in [0.2, 0.25) is 0 Å². The Balaban J connectivity index is 3.88. The van der Waals surface area contributed by atoms with E-state index in [0.717, 1.165) is 32.0 Å². The molecule has 0 fully saturated rings. The van der Waals surface area contributed by atoms with Gasteiger partial charge < -0.3 is 15.4 Å². The highest BCUT2D eigenvalue weighted by Crippen LogP contribution is 2.10. The Morgan fingerprint density at radius 3 is 2.19 bits per heavy atom. The Bertz CT molecular complexity index is 149. The van der Waals surface area contributed by atoms with E-state index in [2.05, 4.69) is 25.7 Å². The molecule has 0 aliphatic carbocycles. The van der Waals surface area contributed by atoms with E-state index >= 15 is 0 Å². The zero-order valence-electron chi connectivity index (χ0n) is 11.5. The number of hydrogen-bond donors (Lipinski definition) is 1. The lowest BCUT2D eigenvalue weighted by Crippen LogP contribution is -2.40. The Kier molecular flexibility index (Phi) is 9.99. The van der Waals surface area contributed by atoms with Crippen molar-refractivity contribution in [2.24, 2.45) is 11.7 Å². The van der Waals surface area contributed by atoms with E-state index in [4.69, 9.17) is 10.5 Å². The molecule has 0 saturated heterocycles. The van der Waals surface area contributed by atoms with Crippen molar-refractivity contribution in [3.05, 3.63) is 0 Å². The van der Waals surface area contributed by atoms with Gasteiger partial charge in [0.15, 0.2) is 0 Å². The number of ether oxygens (including phenoxy) is 1. The minimum atomic E-state index is 0.245. The van der Waals surface area contributed by atoms with E-state index in [1.807, 2.05) is 0 Å². The van der Waals surface area contributed by atoms with Gasteiger partial charge in [0.1, 0.15) is 0 Å². The molecule has 98 valence electrons. The molecule has 2 N–H and O–H groups in total. The maximum absolute atomic E-state index is 6.07. The van der Waals surface area contributed by atoms with Crippen LogP contribution in [-0.2, 0) is 4.74 Å². The van der Waals surface area contributed by atoms with Crippen LogP contribution in [0.4, 0.5) is 0 Å². The van der Waals surface area contributed by atoms with Crippen LogP contribution in [-0.4, -0.2) is 44.3 Å². The van der Waals surface area contributed by atoms with E-state index < -0.39 is 0 Å². The van der Waals surface area contributed by atoms with Gasteiger partial charge in [-0.25, -0.2) is 0 Å². The second-order valence-corrected chi connectivity index (χ2v) is 4.58. The highest BCUT2D eigenvalue weighted by molar-refractivity contribution is 4.70. The molecule has 3 heteroatoms. The molecular weight excluding hydrogens is 200 g/mol. The summed E-state index contributed by atoms with van der Waals surface area (Å²) in [7, 11) is 1.73. The van der Waals surface area contributed by atoms with E-state index in [-0.39, 0.29) is 6.04 Å². The molecule has 0 amide bonds. The standard InChI is InChI=1S/C13H30N2O/c1-5-12(6-2)10-15(7-3)11-13(14)8-9-16-4/h12-13H,5-11,14H2,1-4H3. The lowest BCUT2D eigenvalue weighted by atomic mass is 10.0. The minimum absolute atomic E-state index is 0.245. The topological polar surface area (TPSA) is 38.5 Å². The number of methoxy groups -OCH3 is 1. The van der Waals surface area contributed by atoms with Crippen LogP contribution in [0, 0.1) is 5.92 Å². The van der Waals surface area contributed by atoms with Crippen molar-refractivity contribution >= 4 is 0 Å². The van der Waals surface area contributed by atoms with Crippen molar-refractivity contribution < 1.29 is 4.74 Å². The molecule has 0 rings (SSSR count). The van der Waals surface area contributed by atoms with Gasteiger partial charge in [-0.15, -0.1) is 0 Å². The van der Waals surface area contributed by atoms with E-state index in [1.165, 1.54) is 19.4 Å². The van der Waals surface area contributed by atoms with Crippen LogP contribution >= 0.6 is 0 Å². The summed E-state index contributed by atoms with van der Waals surface area (Å²) >= 11 is 0. The summed E-state index contributed by atoms with van der Waals surface area (Å²) in [5, 5.41) is 0. The Hall–Kier alpha value is -0.120. The quantitative estimate of drug-likeness (QED) is 0.625. The van der Waals surface area contributed by atoms with Gasteiger partial charge in [-0.2, -0.15) is 0 Å². The van der Waals surface area contributed by atoms with Crippen molar-refractivity contribution in [3.8, 4) is 0 Å². The first-order chi connectivity index (χ1) is 7.67. The molecule has 0 spiro atoms. The van der Waals surface area contributed by atoms with Gasteiger partial charge in [-0.05, 0) is 18.9 Å². The second-order valence-electron chi connectivity index (χ2n) is 4.58. The van der Waals surface area contributed by atoms with Gasteiger partial charge in [0, 0.05) is 32.8 Å². The zero-order valence-corrected chi connectivity index (χ0v) is 11.5. The Morgan fingerprint density at radius 1 is 1.12 bits per heavy atom. The molecule has 0 heterocycles. The summed E-state index contributed by atoms with van der Waals surface area (Å²) in [5.41, 5.74) is 6.07. The molecule has 0 radical (unpaired) electrons. The average Bonchev–Trinajstić information content (AvgIpc) is 2.31. The van der Waals surface area contributed by atoms with Crippen molar-refractivity contribution in [1.82, 2.24) is 4.90 Å². The average molecular weight is 230 g/mol. The van der Waals surface area contributed by atoms with Gasteiger partial charge in [0.2, 0.25) is 0 Å². The molecule has 0 aromatic heterocycles. The monoisotopic (exact) mass is 230 g/mol. The van der Waals surface area contributed by atoms with Gasteiger partial charge in [0.05, 0.1) is 0 Å². The van der Waals surface area contributed by atoms with Gasteiger partial charge in [-0.3, -0.25) is 0 Å². The number of likely N-dealkylation sites (N-methyl/N-ethyl adjacent to an activating group) is 1. The number of nitrogens with zero attached hydrogens (tertiary/aromatic N) is 1. The zero-order chi connectivity index (χ0) is 12.4. The number of nitrogens with two attached hydrogens (primary N) is 1. The van der Waals surface area contributed by atoms with Crippen LogP contribution < -0.4 is 5.73 Å². The molecule has 0 aromatic rings. The predicted molar refractivity (Wildman–Crippen MR) is 70.7 cm³/mol. The van der Waals surface area contributed by atoms with Crippen LogP contribution in [0.15, 0.2) is 0 Å². The van der Waals surface area contributed by atoms with E-state index in [9.17, 15) is 0 Å². The summed E-state index contributed by atoms with van der Waals surface area (Å²) in [6, 6.07) is 0.245. The van der Waals surface area contributed by atoms with Crippen LogP contribution in [0.25, 0.3) is 0 Å². The summed E-state index contributed by atoms with van der Waals surface area (Å²) in [6.07, 6.45) is 3.48. The van der Waals surface area contributed by atoms with Gasteiger partial charge >= 0.3 is 0 Å². The molecule has 0 bridgehead atoms. The normalized spacial score (nSPS) is 13.7. The fourth-order valence-corrected chi connectivity index (χ4v) is 1.94. The first kappa shape index (κ1) is 15.9. The molecule has 16 heavy (non-hydrogen) atoms. The summed E-state index contributed by atoms with van der Waals surface area (Å²) in [5.74, 6) is 0.814. The number of rotatable bonds is 10. The predicted octanol–water partition coefficient (Wildman–Crippen LogP) is 2.11. The maximum atomic E-state index is 6.07. The SMILES string of the molecule is CCC(CC)CN(CC)CC(N)CCOC. The van der Waals surface area contributed by atoms with Crippen molar-refractivity contribution in [2.75, 3.05) is 33.4 Å². The molecule has 0 aliphatic rings. The smallest absolute Gasteiger partial charge is 0.0477 e. The highest BCUT2D eigenvalue weighted by atomic mass is 16.5. The van der Waals surface area contributed by atoms with Crippen molar-refractivity contribution in [1.29, 1.82) is 0 Å². The lowest BCUT2D eigenvalue weighted by Gasteiger charge is -2.27. The maximum Gasteiger partial charge on any atom is 0.0477 e. The van der Waals surface area contributed by atoms with Crippen LogP contribution in [0.1, 0.15) is 40.0 Å². The molecule has 0 aromatic carbocycles. The summed E-state index contributed by atoms with van der Waals surface area (Å²) < 4.78 is 5.05. The van der Waals surface area contributed by atoms with Crippen LogP contribution in [0.3, 0.4) is 0 Å². The van der Waals surface area contributed by atoms with Crippen molar-refractivity contribution in [3.63, 3.8) is 0 Å². The largest absolute Gasteiger partial charge is 0.385 e. The summed E-state index contributed by atoms with van der Waals surface area (Å²) in [4.78, 5) is 2.47. The second kappa shape index (κ2) is 10.1. The first-order valence-electron chi connectivity index (χ1n) is 6.64. The third-order valence-electron chi connectivity index (χ3n) is 3.30. The van der Waals surface area contributed by atoms with Gasteiger partial charge in [0.25, 0.3) is 0 Å². The summed E-state index contributed by atoms with van der Waals surface area (Å²) in [6.45, 7) is 10.8. The molecule has 0 aliphatic heterocycles. The third kappa shape index (κ3) is 7.20. The molecule has 1 atom stereocenters. The Labute approximate surface area is 101 Å². The number of hydrogen-bond acceptors (Lipinski definition) is 3. The fourth-order valence-electron chi connectivity index (χ4n) is 1.94. The van der Waals surface area contributed by atoms with Crippen LogP contribution in [0.5, 0.6) is 0 Å². The van der Waals surface area contributed by atoms with Crippen molar-refractivity contribution in [2.45, 2.75) is 46.1 Å². The fraction of sp³-hybridized carbons (Fsp3) is 1.00. The molecule has 1 unspecified atom stereocenters. The molecule has 0 saturated carbocycles. The third-order valence-corrected chi connectivity index (χ3v) is 3.30. The van der Waals surface area contributed by atoms with E-state index in [0.29, 0.717) is 0 Å². The first-order valence-corrected chi connectivity index (χ1v) is 6.64. The lowest BCUT2D eigenvalue weighted by molar-refractivity contribution is 0.169. The minimum Gasteiger partial charge on any atom is -0.385 e. The van der Waals surface area contributed by atoms with Gasteiger partial charge in [-0.1, -0.05) is 33.6 Å². The van der Waals surface area contributed by atoms with E-state index in [1.54, 1.807) is 7.11 Å². The Morgan fingerprint density at radius 2 is 1.75 bits per heavy atom.